The van der Waals surface area contributed by atoms with E-state index >= 15 is 0 Å². The van der Waals surface area contributed by atoms with Gasteiger partial charge in [-0.1, -0.05) is 34.5 Å². The zero-order valence-corrected chi connectivity index (χ0v) is 12.1. The fourth-order valence-electron chi connectivity index (χ4n) is 1.47. The molecule has 0 aromatic carbocycles. The largest absolute Gasteiger partial charge is 0.147 e. The fourth-order valence-corrected chi connectivity index (χ4v) is 4.99. The van der Waals surface area contributed by atoms with E-state index in [9.17, 15) is 0 Å². The van der Waals surface area contributed by atoms with Crippen molar-refractivity contribution in [1.29, 1.82) is 0 Å². The second-order valence-corrected chi connectivity index (χ2v) is 6.38. The summed E-state index contributed by atoms with van der Waals surface area (Å²) in [5.41, 5.74) is 1.41. The van der Waals surface area contributed by atoms with Gasteiger partial charge in [-0.05, 0) is 34.9 Å². The Morgan fingerprint density at radius 1 is 1.27 bits per heavy atom. The Kier molecular flexibility index (Phi) is 3.88. The van der Waals surface area contributed by atoms with Crippen LogP contribution in [-0.4, -0.2) is 0 Å². The lowest BCUT2D eigenvalue weighted by atomic mass is 10.1. The Labute approximate surface area is 111 Å². The fraction of sp³-hybridized carbons (Fsp3) is 0.273. The number of hydrogen-bond donors (Lipinski definition) is 0. The van der Waals surface area contributed by atoms with Gasteiger partial charge in [-0.25, -0.2) is 0 Å². The van der Waals surface area contributed by atoms with Crippen molar-refractivity contribution in [3.8, 4) is 0 Å². The molecule has 0 nitrogen and oxygen atoms in total. The van der Waals surface area contributed by atoms with Gasteiger partial charge in [0.25, 0.3) is 0 Å². The minimum absolute atomic E-state index is 0.250. The van der Waals surface area contributed by atoms with Crippen molar-refractivity contribution in [2.45, 2.75) is 18.2 Å². The zero-order chi connectivity index (χ0) is 10.8. The SMILES string of the molecule is CCc1ccsc1C(Br)c1sccc1Cl. The van der Waals surface area contributed by atoms with Gasteiger partial charge in [-0.3, -0.25) is 0 Å². The molecule has 2 heterocycles. The molecule has 0 aliphatic heterocycles. The number of aryl methyl sites for hydroxylation is 1. The van der Waals surface area contributed by atoms with Crippen LogP contribution in [-0.2, 0) is 6.42 Å². The molecule has 2 rings (SSSR count). The standard InChI is InChI=1S/C11H10BrClS2/c1-2-7-3-5-14-10(7)9(12)11-8(13)4-6-15-11/h3-6,9H,2H2,1H3. The summed E-state index contributed by atoms with van der Waals surface area (Å²) < 4.78 is 0. The van der Waals surface area contributed by atoms with E-state index in [-0.39, 0.29) is 4.83 Å². The zero-order valence-electron chi connectivity index (χ0n) is 8.17. The number of halogens is 2. The van der Waals surface area contributed by atoms with Crippen molar-refractivity contribution in [2.75, 3.05) is 0 Å². The van der Waals surface area contributed by atoms with Crippen molar-refractivity contribution >= 4 is 50.2 Å². The molecule has 0 amide bonds. The highest BCUT2D eigenvalue weighted by molar-refractivity contribution is 9.09. The Hall–Kier alpha value is 0.170. The van der Waals surface area contributed by atoms with E-state index < -0.39 is 0 Å². The molecule has 0 aliphatic rings. The number of hydrogen-bond acceptors (Lipinski definition) is 2. The first-order chi connectivity index (χ1) is 7.24. The van der Waals surface area contributed by atoms with Crippen LogP contribution in [0, 0.1) is 0 Å². The molecule has 2 aromatic rings. The average Bonchev–Trinajstić information content (AvgIpc) is 2.84. The highest BCUT2D eigenvalue weighted by Crippen LogP contribution is 2.42. The first-order valence-corrected chi connectivity index (χ1v) is 7.72. The molecule has 80 valence electrons. The second-order valence-electron chi connectivity index (χ2n) is 3.16. The van der Waals surface area contributed by atoms with Crippen molar-refractivity contribution in [1.82, 2.24) is 0 Å². The quantitative estimate of drug-likeness (QED) is 0.654. The maximum atomic E-state index is 6.13. The Bertz CT molecular complexity index is 447. The predicted octanol–water partition coefficient (Wildman–Crippen LogP) is 5.51. The molecule has 0 saturated heterocycles. The van der Waals surface area contributed by atoms with Crippen LogP contribution in [0.4, 0.5) is 0 Å². The third-order valence-corrected chi connectivity index (χ3v) is 6.24. The Morgan fingerprint density at radius 2 is 1.93 bits per heavy atom. The third kappa shape index (κ3) is 2.31. The summed E-state index contributed by atoms with van der Waals surface area (Å²) in [6.45, 7) is 2.18. The minimum Gasteiger partial charge on any atom is -0.147 e. The molecule has 0 bridgehead atoms. The lowest BCUT2D eigenvalue weighted by Gasteiger charge is -2.08. The normalized spacial score (nSPS) is 13.0. The highest BCUT2D eigenvalue weighted by Gasteiger charge is 2.18. The summed E-state index contributed by atoms with van der Waals surface area (Å²) in [5.74, 6) is 0. The third-order valence-electron chi connectivity index (χ3n) is 2.27. The molecule has 0 radical (unpaired) electrons. The molecule has 1 atom stereocenters. The maximum Gasteiger partial charge on any atom is 0.0848 e. The molecule has 4 heteroatoms. The smallest absolute Gasteiger partial charge is 0.0848 e. The Morgan fingerprint density at radius 3 is 2.53 bits per heavy atom. The van der Waals surface area contributed by atoms with Gasteiger partial charge in [0.05, 0.1) is 9.85 Å². The van der Waals surface area contributed by atoms with Gasteiger partial charge in [0.1, 0.15) is 0 Å². The van der Waals surface area contributed by atoms with Gasteiger partial charge in [-0.15, -0.1) is 22.7 Å². The first-order valence-electron chi connectivity index (χ1n) is 4.67. The highest BCUT2D eigenvalue weighted by atomic mass is 79.9. The topological polar surface area (TPSA) is 0 Å². The van der Waals surface area contributed by atoms with Crippen LogP contribution >= 0.6 is 50.2 Å². The van der Waals surface area contributed by atoms with Crippen LogP contribution in [0.2, 0.25) is 5.02 Å². The molecule has 0 fully saturated rings. The molecule has 15 heavy (non-hydrogen) atoms. The monoisotopic (exact) mass is 320 g/mol. The van der Waals surface area contributed by atoms with Crippen molar-refractivity contribution in [3.63, 3.8) is 0 Å². The van der Waals surface area contributed by atoms with Crippen LogP contribution in [0.3, 0.4) is 0 Å². The van der Waals surface area contributed by atoms with Crippen LogP contribution < -0.4 is 0 Å². The van der Waals surface area contributed by atoms with Crippen molar-refractivity contribution < 1.29 is 0 Å². The Balaban J connectivity index is 2.36. The van der Waals surface area contributed by atoms with E-state index in [1.165, 1.54) is 15.3 Å². The lowest BCUT2D eigenvalue weighted by molar-refractivity contribution is 1.10. The molecule has 0 saturated carbocycles. The van der Waals surface area contributed by atoms with Gasteiger partial charge in [0.15, 0.2) is 0 Å². The number of thiophene rings is 2. The maximum absolute atomic E-state index is 6.13. The number of alkyl halides is 1. The summed E-state index contributed by atoms with van der Waals surface area (Å²) in [7, 11) is 0. The van der Waals surface area contributed by atoms with Gasteiger partial charge < -0.3 is 0 Å². The molecule has 0 spiro atoms. The van der Waals surface area contributed by atoms with Crippen molar-refractivity contribution in [3.05, 3.63) is 43.2 Å². The van der Waals surface area contributed by atoms with Gasteiger partial charge in [-0.2, -0.15) is 0 Å². The van der Waals surface area contributed by atoms with Crippen LogP contribution in [0.1, 0.15) is 27.1 Å². The molecular weight excluding hydrogens is 312 g/mol. The lowest BCUT2D eigenvalue weighted by Crippen LogP contribution is -1.91. The van der Waals surface area contributed by atoms with Gasteiger partial charge in [0.2, 0.25) is 0 Å². The van der Waals surface area contributed by atoms with Crippen LogP contribution in [0.5, 0.6) is 0 Å². The minimum atomic E-state index is 0.250. The van der Waals surface area contributed by atoms with Crippen molar-refractivity contribution in [2.24, 2.45) is 0 Å². The number of rotatable bonds is 3. The van der Waals surface area contributed by atoms with E-state index in [1.54, 1.807) is 22.7 Å². The van der Waals surface area contributed by atoms with E-state index in [1.807, 2.05) is 11.4 Å². The van der Waals surface area contributed by atoms with E-state index in [0.717, 1.165) is 11.4 Å². The summed E-state index contributed by atoms with van der Waals surface area (Å²) in [6, 6.07) is 4.14. The summed E-state index contributed by atoms with van der Waals surface area (Å²) >= 11 is 13.4. The molecular formula is C11H10BrClS2. The summed E-state index contributed by atoms with van der Waals surface area (Å²) in [5, 5.41) is 5.03. The molecule has 1 unspecified atom stereocenters. The molecule has 0 N–H and O–H groups in total. The van der Waals surface area contributed by atoms with E-state index in [2.05, 4.69) is 34.3 Å². The molecule has 0 aliphatic carbocycles. The van der Waals surface area contributed by atoms with Gasteiger partial charge >= 0.3 is 0 Å². The molecule has 2 aromatic heterocycles. The second kappa shape index (κ2) is 5.00. The van der Waals surface area contributed by atoms with Crippen LogP contribution in [0.15, 0.2) is 22.9 Å². The predicted molar refractivity (Wildman–Crippen MR) is 73.8 cm³/mol. The van der Waals surface area contributed by atoms with Crippen LogP contribution in [0.25, 0.3) is 0 Å². The van der Waals surface area contributed by atoms with Gasteiger partial charge in [0, 0.05) is 9.75 Å². The average molecular weight is 322 g/mol. The van der Waals surface area contributed by atoms with E-state index in [0.29, 0.717) is 0 Å². The summed E-state index contributed by atoms with van der Waals surface area (Å²) in [4.78, 5) is 2.83. The van der Waals surface area contributed by atoms with E-state index in [4.69, 9.17) is 11.6 Å². The summed E-state index contributed by atoms with van der Waals surface area (Å²) in [6.07, 6.45) is 1.07. The first kappa shape index (κ1) is 11.6.